The van der Waals surface area contributed by atoms with Gasteiger partial charge < -0.3 is 0 Å². The van der Waals surface area contributed by atoms with E-state index in [1.165, 1.54) is 12.8 Å². The van der Waals surface area contributed by atoms with Gasteiger partial charge in [-0.25, -0.2) is 0 Å². The van der Waals surface area contributed by atoms with Crippen molar-refractivity contribution in [2.75, 3.05) is 0 Å². The third kappa shape index (κ3) is 9.22. The summed E-state index contributed by atoms with van der Waals surface area (Å²) in [5.41, 5.74) is 0. The monoisotopic (exact) mass is 150 g/mol. The minimum atomic E-state index is 1.10. The van der Waals surface area contributed by atoms with Crippen molar-refractivity contribution in [1.82, 2.24) is 0 Å². The molecule has 0 nitrogen and oxygen atoms in total. The van der Waals surface area contributed by atoms with Crippen molar-refractivity contribution in [3.8, 4) is 0 Å². The summed E-state index contributed by atoms with van der Waals surface area (Å²) in [6.45, 7) is 5.72. The van der Waals surface area contributed by atoms with E-state index in [0.29, 0.717) is 0 Å². The second kappa shape index (κ2) is 9.22. The lowest BCUT2D eigenvalue weighted by molar-refractivity contribution is 1.00. The first kappa shape index (κ1) is 10.2. The maximum atomic E-state index is 3.66. The molecule has 0 N–H and O–H groups in total. The minimum absolute atomic E-state index is 1.10. The fraction of sp³-hybridized carbons (Fsp3) is 0.455. The maximum Gasteiger partial charge on any atom is -0.0316 e. The van der Waals surface area contributed by atoms with Crippen molar-refractivity contribution in [3.05, 3.63) is 37.0 Å². The van der Waals surface area contributed by atoms with Crippen LogP contribution in [-0.2, 0) is 0 Å². The van der Waals surface area contributed by atoms with Gasteiger partial charge in [0.1, 0.15) is 0 Å². The Morgan fingerprint density at radius 2 is 1.45 bits per heavy atom. The molecule has 0 aliphatic carbocycles. The zero-order chi connectivity index (χ0) is 8.36. The Morgan fingerprint density at radius 3 is 2.00 bits per heavy atom. The molecular weight excluding hydrogens is 132 g/mol. The molecule has 0 heterocycles. The van der Waals surface area contributed by atoms with E-state index in [1.54, 1.807) is 0 Å². The van der Waals surface area contributed by atoms with Crippen molar-refractivity contribution in [2.24, 2.45) is 0 Å². The lowest BCUT2D eigenvalue weighted by Gasteiger charge is -1.86. The molecule has 0 saturated carbocycles. The second-order valence-electron chi connectivity index (χ2n) is 2.48. The third-order valence-electron chi connectivity index (χ3n) is 1.44. The van der Waals surface area contributed by atoms with Gasteiger partial charge in [0.2, 0.25) is 0 Å². The van der Waals surface area contributed by atoms with Crippen LogP contribution in [0.4, 0.5) is 0 Å². The summed E-state index contributed by atoms with van der Waals surface area (Å²) in [4.78, 5) is 0. The number of rotatable bonds is 6. The lowest BCUT2D eigenvalue weighted by atomic mass is 10.2. The van der Waals surface area contributed by atoms with Gasteiger partial charge in [-0.05, 0) is 32.6 Å². The molecule has 0 amide bonds. The van der Waals surface area contributed by atoms with E-state index in [9.17, 15) is 0 Å². The Bertz CT molecular complexity index is 129. The number of allylic oxidation sites excluding steroid dienone is 5. The second-order valence-corrected chi connectivity index (χ2v) is 2.48. The van der Waals surface area contributed by atoms with Crippen molar-refractivity contribution in [2.45, 2.75) is 32.6 Å². The first-order chi connectivity index (χ1) is 5.41. The molecule has 0 radical (unpaired) electrons. The Morgan fingerprint density at radius 1 is 0.909 bits per heavy atom. The maximum absolute atomic E-state index is 3.66. The van der Waals surface area contributed by atoms with E-state index in [-0.39, 0.29) is 0 Å². The summed E-state index contributed by atoms with van der Waals surface area (Å²) in [5.74, 6) is 0. The third-order valence-corrected chi connectivity index (χ3v) is 1.44. The highest BCUT2D eigenvalue weighted by Crippen LogP contribution is 1.96. The summed E-state index contributed by atoms with van der Waals surface area (Å²) in [5, 5.41) is 0. The molecule has 0 bridgehead atoms. The van der Waals surface area contributed by atoms with Crippen molar-refractivity contribution < 1.29 is 0 Å². The first-order valence-corrected chi connectivity index (χ1v) is 4.29. The van der Waals surface area contributed by atoms with Crippen LogP contribution in [0.5, 0.6) is 0 Å². The molecule has 0 aromatic carbocycles. The molecule has 0 aromatic heterocycles. The van der Waals surface area contributed by atoms with Gasteiger partial charge in [0.25, 0.3) is 0 Å². The van der Waals surface area contributed by atoms with E-state index in [2.05, 4.69) is 37.8 Å². The molecule has 0 spiro atoms. The summed E-state index contributed by atoms with van der Waals surface area (Å²) in [7, 11) is 0. The largest absolute Gasteiger partial charge is 0.103 e. The van der Waals surface area contributed by atoms with E-state index in [1.807, 2.05) is 6.08 Å². The normalized spacial score (nSPS) is 11.4. The smallest absolute Gasteiger partial charge is 0.0316 e. The van der Waals surface area contributed by atoms with Crippen LogP contribution >= 0.6 is 0 Å². The fourth-order valence-electron chi connectivity index (χ4n) is 0.809. The predicted molar refractivity (Wildman–Crippen MR) is 52.6 cm³/mol. The molecule has 11 heavy (non-hydrogen) atoms. The standard InChI is InChI=1S/C11H18/c1-3-5-7-9-11-10-8-6-4-2/h3-4,6,9,11H,1,5,7-8,10H2,2H3/b6-4?,11-9+. The average Bonchev–Trinajstić information content (AvgIpc) is 2.03. The van der Waals surface area contributed by atoms with Crippen LogP contribution in [0.2, 0.25) is 0 Å². The topological polar surface area (TPSA) is 0 Å². The molecule has 0 rings (SSSR count). The van der Waals surface area contributed by atoms with Gasteiger partial charge in [-0.1, -0.05) is 30.4 Å². The van der Waals surface area contributed by atoms with Gasteiger partial charge in [0.15, 0.2) is 0 Å². The van der Waals surface area contributed by atoms with Crippen LogP contribution in [0, 0.1) is 0 Å². The van der Waals surface area contributed by atoms with Crippen LogP contribution in [0.15, 0.2) is 37.0 Å². The van der Waals surface area contributed by atoms with Gasteiger partial charge in [-0.2, -0.15) is 0 Å². The van der Waals surface area contributed by atoms with Crippen LogP contribution in [0.25, 0.3) is 0 Å². The number of hydrogen-bond donors (Lipinski definition) is 0. The van der Waals surface area contributed by atoms with Gasteiger partial charge in [0, 0.05) is 0 Å². The van der Waals surface area contributed by atoms with Gasteiger partial charge >= 0.3 is 0 Å². The molecule has 0 fully saturated rings. The molecule has 0 atom stereocenters. The SMILES string of the molecule is C=CCC/C=C/CCC=CC. The Labute approximate surface area is 70.3 Å². The minimum Gasteiger partial charge on any atom is -0.103 e. The summed E-state index contributed by atoms with van der Waals surface area (Å²) in [6, 6.07) is 0. The van der Waals surface area contributed by atoms with Crippen LogP contribution in [-0.4, -0.2) is 0 Å². The molecule has 0 unspecified atom stereocenters. The fourth-order valence-corrected chi connectivity index (χ4v) is 0.809. The van der Waals surface area contributed by atoms with Crippen molar-refractivity contribution >= 4 is 0 Å². The summed E-state index contributed by atoms with van der Waals surface area (Å²) >= 11 is 0. The van der Waals surface area contributed by atoms with Gasteiger partial charge in [-0.3, -0.25) is 0 Å². The van der Waals surface area contributed by atoms with E-state index < -0.39 is 0 Å². The Balaban J connectivity index is 3.09. The van der Waals surface area contributed by atoms with E-state index in [4.69, 9.17) is 0 Å². The van der Waals surface area contributed by atoms with Crippen LogP contribution in [0.3, 0.4) is 0 Å². The number of hydrogen-bond acceptors (Lipinski definition) is 0. The average molecular weight is 150 g/mol. The molecule has 0 heteroatoms. The van der Waals surface area contributed by atoms with Crippen molar-refractivity contribution in [3.63, 3.8) is 0 Å². The molecule has 0 aliphatic heterocycles. The molecule has 0 saturated heterocycles. The molecule has 0 aromatic rings. The summed E-state index contributed by atoms with van der Waals surface area (Å²) < 4.78 is 0. The van der Waals surface area contributed by atoms with Crippen molar-refractivity contribution in [1.29, 1.82) is 0 Å². The van der Waals surface area contributed by atoms with Crippen LogP contribution < -0.4 is 0 Å². The van der Waals surface area contributed by atoms with E-state index >= 15 is 0 Å². The summed E-state index contributed by atoms with van der Waals surface area (Å²) in [6.07, 6.45) is 15.3. The van der Waals surface area contributed by atoms with E-state index in [0.717, 1.165) is 12.8 Å². The zero-order valence-electron chi connectivity index (χ0n) is 7.42. The quantitative estimate of drug-likeness (QED) is 0.398. The number of unbranched alkanes of at least 4 members (excludes halogenated alkanes) is 2. The predicted octanol–water partition coefficient (Wildman–Crippen LogP) is 3.87. The highest BCUT2D eigenvalue weighted by molar-refractivity contribution is 4.87. The van der Waals surface area contributed by atoms with Gasteiger partial charge in [-0.15, -0.1) is 6.58 Å². The molecule has 0 aliphatic rings. The van der Waals surface area contributed by atoms with Gasteiger partial charge in [0.05, 0.1) is 0 Å². The molecular formula is C11H18. The highest BCUT2D eigenvalue weighted by atomic mass is 13.8. The zero-order valence-corrected chi connectivity index (χ0v) is 7.42. The molecule has 62 valence electrons. The lowest BCUT2D eigenvalue weighted by Crippen LogP contribution is -1.65. The Hall–Kier alpha value is -0.780. The first-order valence-electron chi connectivity index (χ1n) is 4.29. The van der Waals surface area contributed by atoms with Crippen LogP contribution in [0.1, 0.15) is 32.6 Å². The Kier molecular flexibility index (Phi) is 8.57. The highest BCUT2D eigenvalue weighted by Gasteiger charge is 1.76.